The molecular weight excluding hydrogens is 246 g/mol. The van der Waals surface area contributed by atoms with E-state index in [-0.39, 0.29) is 5.97 Å². The fraction of sp³-hybridized carbons (Fsp3) is 0.300. The molecule has 0 bridgehead atoms. The molecule has 0 aliphatic heterocycles. The van der Waals surface area contributed by atoms with Gasteiger partial charge < -0.3 is 10.5 Å². The van der Waals surface area contributed by atoms with Crippen LogP contribution in [-0.4, -0.2) is 12.6 Å². The average Bonchev–Trinajstić information content (AvgIpc) is 2.18. The number of hydrogen-bond acceptors (Lipinski definition) is 3. The Kier molecular flexibility index (Phi) is 4.10. The quantitative estimate of drug-likeness (QED) is 0.844. The molecular formula is C10H12BrNO2. The van der Waals surface area contributed by atoms with Crippen LogP contribution in [-0.2, 0) is 11.3 Å². The third kappa shape index (κ3) is 2.56. The predicted octanol–water partition coefficient (Wildman–Crippen LogP) is 2.08. The van der Waals surface area contributed by atoms with E-state index in [1.54, 1.807) is 19.1 Å². The first-order valence-electron chi connectivity index (χ1n) is 4.34. The summed E-state index contributed by atoms with van der Waals surface area (Å²) in [7, 11) is 0. The summed E-state index contributed by atoms with van der Waals surface area (Å²) in [4.78, 5) is 11.3. The molecule has 3 nitrogen and oxygen atoms in total. The first-order chi connectivity index (χ1) is 6.69. The van der Waals surface area contributed by atoms with Gasteiger partial charge in [-0.05, 0) is 24.6 Å². The van der Waals surface area contributed by atoms with E-state index >= 15 is 0 Å². The summed E-state index contributed by atoms with van der Waals surface area (Å²) in [6.07, 6.45) is 0. The van der Waals surface area contributed by atoms with Gasteiger partial charge in [0.1, 0.15) is 0 Å². The topological polar surface area (TPSA) is 52.3 Å². The highest BCUT2D eigenvalue weighted by Gasteiger charge is 2.07. The highest BCUT2D eigenvalue weighted by molar-refractivity contribution is 9.10. The summed E-state index contributed by atoms with van der Waals surface area (Å²) in [5.41, 5.74) is 7.00. The number of carbonyl (C=O) groups excluding carboxylic acids is 1. The lowest BCUT2D eigenvalue weighted by Crippen LogP contribution is -2.05. The lowest BCUT2D eigenvalue weighted by molar-refractivity contribution is 0.0526. The summed E-state index contributed by atoms with van der Waals surface area (Å²) in [6, 6.07) is 5.25. The molecule has 1 rings (SSSR count). The van der Waals surface area contributed by atoms with Crippen molar-refractivity contribution < 1.29 is 9.53 Å². The van der Waals surface area contributed by atoms with E-state index < -0.39 is 0 Å². The lowest BCUT2D eigenvalue weighted by Gasteiger charge is -2.04. The molecule has 0 heterocycles. The van der Waals surface area contributed by atoms with E-state index in [4.69, 9.17) is 10.5 Å². The molecule has 76 valence electrons. The number of nitrogens with two attached hydrogens (primary N) is 1. The number of carbonyl (C=O) groups is 1. The van der Waals surface area contributed by atoms with E-state index in [1.807, 2.05) is 6.07 Å². The number of ether oxygens (including phenoxy) is 1. The minimum Gasteiger partial charge on any atom is -0.462 e. The average molecular weight is 258 g/mol. The van der Waals surface area contributed by atoms with Gasteiger partial charge in [-0.1, -0.05) is 22.0 Å². The monoisotopic (exact) mass is 257 g/mol. The van der Waals surface area contributed by atoms with Crippen LogP contribution in [0.25, 0.3) is 0 Å². The summed E-state index contributed by atoms with van der Waals surface area (Å²) in [5.74, 6) is -0.309. The van der Waals surface area contributed by atoms with Gasteiger partial charge in [0.25, 0.3) is 0 Å². The molecule has 4 heteroatoms. The lowest BCUT2D eigenvalue weighted by atomic mass is 10.1. The van der Waals surface area contributed by atoms with Crippen molar-refractivity contribution in [2.24, 2.45) is 5.73 Å². The Morgan fingerprint density at radius 2 is 2.29 bits per heavy atom. The van der Waals surface area contributed by atoms with Crippen molar-refractivity contribution >= 4 is 21.9 Å². The zero-order chi connectivity index (χ0) is 10.6. The molecule has 0 saturated heterocycles. The molecule has 0 saturated carbocycles. The van der Waals surface area contributed by atoms with E-state index in [0.717, 1.165) is 10.0 Å². The Bertz CT molecular complexity index is 339. The van der Waals surface area contributed by atoms with Gasteiger partial charge in [-0.25, -0.2) is 4.79 Å². The van der Waals surface area contributed by atoms with Crippen LogP contribution in [0.5, 0.6) is 0 Å². The minimum absolute atomic E-state index is 0.309. The van der Waals surface area contributed by atoms with Crippen LogP contribution < -0.4 is 5.73 Å². The predicted molar refractivity (Wildman–Crippen MR) is 58.0 cm³/mol. The molecule has 0 fully saturated rings. The summed E-state index contributed by atoms with van der Waals surface area (Å²) in [5, 5.41) is 0. The van der Waals surface area contributed by atoms with Crippen LogP contribution >= 0.6 is 15.9 Å². The van der Waals surface area contributed by atoms with E-state index in [0.29, 0.717) is 18.7 Å². The Balaban J connectivity index is 2.91. The molecule has 0 atom stereocenters. The van der Waals surface area contributed by atoms with Gasteiger partial charge in [0, 0.05) is 11.0 Å². The molecule has 0 aromatic heterocycles. The van der Waals surface area contributed by atoms with Crippen molar-refractivity contribution in [3.8, 4) is 0 Å². The van der Waals surface area contributed by atoms with Crippen LogP contribution in [0.2, 0.25) is 0 Å². The molecule has 1 aromatic rings. The highest BCUT2D eigenvalue weighted by atomic mass is 79.9. The fourth-order valence-electron chi connectivity index (χ4n) is 1.05. The van der Waals surface area contributed by atoms with Gasteiger partial charge in [-0.2, -0.15) is 0 Å². The van der Waals surface area contributed by atoms with E-state index in [2.05, 4.69) is 15.9 Å². The van der Waals surface area contributed by atoms with Gasteiger partial charge >= 0.3 is 5.97 Å². The maximum atomic E-state index is 11.3. The van der Waals surface area contributed by atoms with Crippen LogP contribution in [0.1, 0.15) is 22.8 Å². The van der Waals surface area contributed by atoms with Crippen LogP contribution in [0.4, 0.5) is 0 Å². The molecule has 14 heavy (non-hydrogen) atoms. The first kappa shape index (κ1) is 11.2. The molecule has 0 aliphatic rings. The second-order valence-corrected chi connectivity index (χ2v) is 3.59. The second kappa shape index (κ2) is 5.12. The summed E-state index contributed by atoms with van der Waals surface area (Å²) in [6.45, 7) is 2.61. The van der Waals surface area contributed by atoms with Crippen molar-refractivity contribution in [1.82, 2.24) is 0 Å². The highest BCUT2D eigenvalue weighted by Crippen LogP contribution is 2.18. The third-order valence-corrected chi connectivity index (χ3v) is 2.52. The summed E-state index contributed by atoms with van der Waals surface area (Å²) < 4.78 is 5.70. The van der Waals surface area contributed by atoms with Crippen molar-refractivity contribution in [2.45, 2.75) is 13.5 Å². The van der Waals surface area contributed by atoms with Crippen molar-refractivity contribution in [3.63, 3.8) is 0 Å². The Morgan fingerprint density at radius 3 is 2.79 bits per heavy atom. The molecule has 0 spiro atoms. The SMILES string of the molecule is CCOC(=O)c1ccc(CN)c(Br)c1. The van der Waals surface area contributed by atoms with Gasteiger partial charge in [0.15, 0.2) is 0 Å². The molecule has 1 aromatic carbocycles. The Hall–Kier alpha value is -0.870. The number of halogens is 1. The molecule has 0 unspecified atom stereocenters. The Labute approximate surface area is 91.4 Å². The maximum absolute atomic E-state index is 11.3. The fourth-order valence-corrected chi connectivity index (χ4v) is 1.59. The minimum atomic E-state index is -0.309. The van der Waals surface area contributed by atoms with Crippen molar-refractivity contribution in [2.75, 3.05) is 6.61 Å². The maximum Gasteiger partial charge on any atom is 0.338 e. The number of esters is 1. The van der Waals surface area contributed by atoms with Crippen molar-refractivity contribution in [1.29, 1.82) is 0 Å². The normalized spacial score (nSPS) is 9.93. The molecule has 2 N–H and O–H groups in total. The first-order valence-corrected chi connectivity index (χ1v) is 5.14. The van der Waals surface area contributed by atoms with Crippen molar-refractivity contribution in [3.05, 3.63) is 33.8 Å². The number of benzene rings is 1. The standard InChI is InChI=1S/C10H12BrNO2/c1-2-14-10(13)7-3-4-8(6-12)9(11)5-7/h3-5H,2,6,12H2,1H3. The number of hydrogen-bond donors (Lipinski definition) is 1. The zero-order valence-corrected chi connectivity index (χ0v) is 9.50. The van der Waals surface area contributed by atoms with Gasteiger partial charge in [-0.3, -0.25) is 0 Å². The van der Waals surface area contributed by atoms with Gasteiger partial charge in [0.05, 0.1) is 12.2 Å². The second-order valence-electron chi connectivity index (χ2n) is 2.73. The Morgan fingerprint density at radius 1 is 1.57 bits per heavy atom. The van der Waals surface area contributed by atoms with Crippen LogP contribution in [0.3, 0.4) is 0 Å². The molecule has 0 amide bonds. The van der Waals surface area contributed by atoms with Gasteiger partial charge in [0.2, 0.25) is 0 Å². The van der Waals surface area contributed by atoms with E-state index in [1.165, 1.54) is 0 Å². The molecule has 0 radical (unpaired) electrons. The smallest absolute Gasteiger partial charge is 0.338 e. The van der Waals surface area contributed by atoms with Gasteiger partial charge in [-0.15, -0.1) is 0 Å². The largest absolute Gasteiger partial charge is 0.462 e. The number of rotatable bonds is 3. The summed E-state index contributed by atoms with van der Waals surface area (Å²) >= 11 is 3.34. The zero-order valence-electron chi connectivity index (χ0n) is 7.92. The van der Waals surface area contributed by atoms with Crippen LogP contribution in [0.15, 0.2) is 22.7 Å². The van der Waals surface area contributed by atoms with Crippen LogP contribution in [0, 0.1) is 0 Å². The molecule has 0 aliphatic carbocycles. The third-order valence-electron chi connectivity index (χ3n) is 1.78. The van der Waals surface area contributed by atoms with E-state index in [9.17, 15) is 4.79 Å².